The minimum Gasteiger partial charge on any atom is -0.352 e. The fraction of sp³-hybridized carbons (Fsp3) is 0.286. The van der Waals surface area contributed by atoms with E-state index in [0.29, 0.717) is 6.54 Å². The van der Waals surface area contributed by atoms with Crippen molar-refractivity contribution in [3.8, 4) is 0 Å². The van der Waals surface area contributed by atoms with Crippen LogP contribution in [0.1, 0.15) is 28.2 Å². The lowest BCUT2D eigenvalue weighted by Crippen LogP contribution is -2.25. The summed E-state index contributed by atoms with van der Waals surface area (Å²) in [5.41, 5.74) is 0.958. The van der Waals surface area contributed by atoms with Crippen LogP contribution in [-0.4, -0.2) is 22.4 Å². The van der Waals surface area contributed by atoms with Gasteiger partial charge in [0.15, 0.2) is 0 Å². The highest BCUT2D eigenvalue weighted by Gasteiger charge is 2.10. The first-order valence-electron chi connectivity index (χ1n) is 6.19. The predicted octanol–water partition coefficient (Wildman–Crippen LogP) is 2.22. The van der Waals surface area contributed by atoms with Gasteiger partial charge in [0.1, 0.15) is 11.6 Å². The van der Waals surface area contributed by atoms with Crippen molar-refractivity contribution >= 4 is 5.91 Å². The Labute approximate surface area is 111 Å². The topological polar surface area (TPSA) is 57.8 Å². The fourth-order valence-electron chi connectivity index (χ4n) is 1.80. The van der Waals surface area contributed by atoms with Gasteiger partial charge in [-0.2, -0.15) is 0 Å². The van der Waals surface area contributed by atoms with Crippen LogP contribution in [0.2, 0.25) is 0 Å². The second-order valence-corrected chi connectivity index (χ2v) is 4.38. The van der Waals surface area contributed by atoms with E-state index in [9.17, 15) is 9.18 Å². The molecule has 0 aliphatic rings. The number of benzene rings is 1. The molecule has 0 aliphatic carbocycles. The molecule has 100 valence electrons. The number of aromatic amines is 1. The Morgan fingerprint density at radius 1 is 1.47 bits per heavy atom. The largest absolute Gasteiger partial charge is 0.352 e. The molecule has 0 unspecified atom stereocenters. The Balaban J connectivity index is 1.82. The van der Waals surface area contributed by atoms with Gasteiger partial charge in [-0.25, -0.2) is 9.37 Å². The Hall–Kier alpha value is -2.17. The maximum absolute atomic E-state index is 13.5. The van der Waals surface area contributed by atoms with Gasteiger partial charge >= 0.3 is 0 Å². The van der Waals surface area contributed by atoms with E-state index in [0.717, 1.165) is 24.2 Å². The molecule has 0 aliphatic heterocycles. The number of imidazole rings is 1. The van der Waals surface area contributed by atoms with Crippen LogP contribution in [0.3, 0.4) is 0 Å². The van der Waals surface area contributed by atoms with E-state index < -0.39 is 5.82 Å². The number of aryl methyl sites for hydroxylation is 2. The normalized spacial score (nSPS) is 10.4. The van der Waals surface area contributed by atoms with E-state index in [4.69, 9.17) is 0 Å². The highest BCUT2D eigenvalue weighted by atomic mass is 19.1. The van der Waals surface area contributed by atoms with Crippen molar-refractivity contribution in [2.75, 3.05) is 6.54 Å². The number of nitrogens with zero attached hydrogens (tertiary/aromatic N) is 1. The van der Waals surface area contributed by atoms with E-state index in [2.05, 4.69) is 15.3 Å². The summed E-state index contributed by atoms with van der Waals surface area (Å²) in [6, 6.07) is 4.51. The molecular formula is C14H16FN3O. The van der Waals surface area contributed by atoms with Crippen LogP contribution in [0, 0.1) is 12.7 Å². The minimum absolute atomic E-state index is 0.0954. The first-order valence-corrected chi connectivity index (χ1v) is 6.19. The summed E-state index contributed by atoms with van der Waals surface area (Å²) in [6.45, 7) is 2.32. The quantitative estimate of drug-likeness (QED) is 0.811. The Morgan fingerprint density at radius 2 is 2.32 bits per heavy atom. The number of carbonyl (C=O) groups is 1. The Morgan fingerprint density at radius 3 is 3.05 bits per heavy atom. The summed E-state index contributed by atoms with van der Waals surface area (Å²) < 4.78 is 13.5. The van der Waals surface area contributed by atoms with Crippen LogP contribution < -0.4 is 5.32 Å². The van der Waals surface area contributed by atoms with Crippen LogP contribution in [-0.2, 0) is 6.42 Å². The zero-order chi connectivity index (χ0) is 13.7. The molecule has 0 radical (unpaired) electrons. The SMILES string of the molecule is Cc1ccc(F)c(C(=O)NCCCc2ncc[nH]2)c1. The molecule has 5 heteroatoms. The van der Waals surface area contributed by atoms with Crippen LogP contribution in [0.5, 0.6) is 0 Å². The van der Waals surface area contributed by atoms with Crippen LogP contribution in [0.4, 0.5) is 4.39 Å². The van der Waals surface area contributed by atoms with Gasteiger partial charge in [-0.1, -0.05) is 11.6 Å². The Bertz CT molecular complexity index is 552. The molecule has 0 atom stereocenters. The monoisotopic (exact) mass is 261 g/mol. The third kappa shape index (κ3) is 3.64. The van der Waals surface area contributed by atoms with E-state index in [1.165, 1.54) is 6.07 Å². The molecule has 0 saturated heterocycles. The number of halogens is 1. The molecule has 2 rings (SSSR count). The minimum atomic E-state index is -0.492. The Kier molecular flexibility index (Phi) is 4.28. The molecule has 0 fully saturated rings. The van der Waals surface area contributed by atoms with E-state index in [1.54, 1.807) is 24.5 Å². The number of nitrogens with one attached hydrogen (secondary N) is 2. The molecule has 0 bridgehead atoms. The molecule has 2 aromatic rings. The average molecular weight is 261 g/mol. The van der Waals surface area contributed by atoms with Crippen molar-refractivity contribution < 1.29 is 9.18 Å². The summed E-state index contributed by atoms with van der Waals surface area (Å²) in [4.78, 5) is 18.9. The summed E-state index contributed by atoms with van der Waals surface area (Å²) >= 11 is 0. The van der Waals surface area contributed by atoms with Gasteiger partial charge in [-0.15, -0.1) is 0 Å². The van der Waals surface area contributed by atoms with Gasteiger partial charge in [0.25, 0.3) is 5.91 Å². The molecule has 1 amide bonds. The van der Waals surface area contributed by atoms with Crippen molar-refractivity contribution in [2.24, 2.45) is 0 Å². The predicted molar refractivity (Wildman–Crippen MR) is 70.4 cm³/mol. The van der Waals surface area contributed by atoms with Crippen molar-refractivity contribution in [3.63, 3.8) is 0 Å². The van der Waals surface area contributed by atoms with Crippen LogP contribution in [0.15, 0.2) is 30.6 Å². The first-order chi connectivity index (χ1) is 9.16. The van der Waals surface area contributed by atoms with Crippen molar-refractivity contribution in [2.45, 2.75) is 19.8 Å². The number of carbonyl (C=O) groups excluding carboxylic acids is 1. The molecule has 1 aromatic carbocycles. The fourth-order valence-corrected chi connectivity index (χ4v) is 1.80. The zero-order valence-electron chi connectivity index (χ0n) is 10.7. The van der Waals surface area contributed by atoms with Gasteiger partial charge in [0, 0.05) is 25.4 Å². The van der Waals surface area contributed by atoms with Gasteiger partial charge < -0.3 is 10.3 Å². The number of amides is 1. The second kappa shape index (κ2) is 6.13. The number of rotatable bonds is 5. The summed E-state index contributed by atoms with van der Waals surface area (Å²) in [5, 5.41) is 2.71. The number of hydrogen-bond donors (Lipinski definition) is 2. The van der Waals surface area contributed by atoms with Crippen molar-refractivity contribution in [1.82, 2.24) is 15.3 Å². The zero-order valence-corrected chi connectivity index (χ0v) is 10.7. The van der Waals surface area contributed by atoms with Crippen molar-refractivity contribution in [1.29, 1.82) is 0 Å². The third-order valence-corrected chi connectivity index (χ3v) is 2.80. The molecule has 0 saturated carbocycles. The third-order valence-electron chi connectivity index (χ3n) is 2.80. The number of hydrogen-bond acceptors (Lipinski definition) is 2. The standard InChI is InChI=1S/C14H16FN3O/c1-10-4-5-12(15)11(9-10)14(19)18-6-2-3-13-16-7-8-17-13/h4-5,7-9H,2-3,6H2,1H3,(H,16,17)(H,18,19). The van der Waals surface area contributed by atoms with Gasteiger partial charge in [-0.05, 0) is 25.5 Å². The molecule has 4 nitrogen and oxygen atoms in total. The second-order valence-electron chi connectivity index (χ2n) is 4.38. The smallest absolute Gasteiger partial charge is 0.254 e. The molecule has 0 spiro atoms. The van der Waals surface area contributed by atoms with Gasteiger partial charge in [0.2, 0.25) is 0 Å². The molecular weight excluding hydrogens is 245 g/mol. The van der Waals surface area contributed by atoms with E-state index >= 15 is 0 Å². The lowest BCUT2D eigenvalue weighted by Gasteiger charge is -2.06. The number of H-pyrrole nitrogens is 1. The van der Waals surface area contributed by atoms with E-state index in [1.807, 2.05) is 6.92 Å². The number of aromatic nitrogens is 2. The lowest BCUT2D eigenvalue weighted by molar-refractivity contribution is 0.0949. The molecule has 1 heterocycles. The molecule has 1 aromatic heterocycles. The highest BCUT2D eigenvalue weighted by molar-refractivity contribution is 5.94. The highest BCUT2D eigenvalue weighted by Crippen LogP contribution is 2.09. The summed E-state index contributed by atoms with van der Waals surface area (Å²) in [5.74, 6) is 0.0192. The van der Waals surface area contributed by atoms with E-state index in [-0.39, 0.29) is 11.5 Å². The maximum atomic E-state index is 13.5. The maximum Gasteiger partial charge on any atom is 0.254 e. The van der Waals surface area contributed by atoms with Gasteiger partial charge in [-0.3, -0.25) is 4.79 Å². The summed E-state index contributed by atoms with van der Waals surface area (Å²) in [6.07, 6.45) is 4.96. The first kappa shape index (κ1) is 13.3. The summed E-state index contributed by atoms with van der Waals surface area (Å²) in [7, 11) is 0. The molecule has 2 N–H and O–H groups in total. The van der Waals surface area contributed by atoms with Crippen LogP contribution in [0.25, 0.3) is 0 Å². The van der Waals surface area contributed by atoms with Gasteiger partial charge in [0.05, 0.1) is 5.56 Å². The van der Waals surface area contributed by atoms with Crippen LogP contribution >= 0.6 is 0 Å². The molecule has 19 heavy (non-hydrogen) atoms. The average Bonchev–Trinajstić information content (AvgIpc) is 2.90. The van der Waals surface area contributed by atoms with Crippen molar-refractivity contribution in [3.05, 3.63) is 53.4 Å². The lowest BCUT2D eigenvalue weighted by atomic mass is 10.1.